The molecular weight excluding hydrogens is 264 g/mol. The number of para-hydroxylation sites is 1. The lowest BCUT2D eigenvalue weighted by Crippen LogP contribution is -2.07. The van der Waals surface area contributed by atoms with Gasteiger partial charge >= 0.3 is 0 Å². The molecule has 0 aromatic heterocycles. The van der Waals surface area contributed by atoms with E-state index in [-0.39, 0.29) is 0 Å². The first-order valence-corrected chi connectivity index (χ1v) is 7.05. The molecule has 1 atom stereocenters. The summed E-state index contributed by atoms with van der Waals surface area (Å²) < 4.78 is 5.85. The summed E-state index contributed by atoms with van der Waals surface area (Å²) in [5.74, 6) is 2.16. The maximum Gasteiger partial charge on any atom is 0.122 e. The molecule has 0 heterocycles. The zero-order chi connectivity index (χ0) is 12.0. The summed E-state index contributed by atoms with van der Waals surface area (Å²) >= 11 is 3.49. The van der Waals surface area contributed by atoms with E-state index in [0.29, 0.717) is 11.8 Å². The largest absolute Gasteiger partial charge is 0.493 e. The maximum atomic E-state index is 5.85. The standard InChI is InChI=1S/C14H21BrO/c1-11(2)10-16-14-7-5-4-6-13(14)12(3)8-9-15/h4-7,11-12H,8-10H2,1-3H3. The van der Waals surface area contributed by atoms with Crippen LogP contribution in [0.25, 0.3) is 0 Å². The minimum absolute atomic E-state index is 0.544. The molecule has 0 aliphatic carbocycles. The van der Waals surface area contributed by atoms with E-state index >= 15 is 0 Å². The molecule has 1 rings (SSSR count). The van der Waals surface area contributed by atoms with Gasteiger partial charge in [0.1, 0.15) is 5.75 Å². The zero-order valence-corrected chi connectivity index (χ0v) is 12.0. The third kappa shape index (κ3) is 4.17. The third-order valence-corrected chi connectivity index (χ3v) is 3.02. The molecule has 0 amide bonds. The van der Waals surface area contributed by atoms with Crippen LogP contribution in [0.4, 0.5) is 0 Å². The molecule has 0 radical (unpaired) electrons. The fourth-order valence-corrected chi connectivity index (χ4v) is 2.28. The van der Waals surface area contributed by atoms with Crippen molar-refractivity contribution in [2.45, 2.75) is 33.1 Å². The van der Waals surface area contributed by atoms with Gasteiger partial charge in [-0.3, -0.25) is 0 Å². The Labute approximate surface area is 107 Å². The molecule has 0 bridgehead atoms. The molecular formula is C14H21BrO. The van der Waals surface area contributed by atoms with Crippen LogP contribution in [0.3, 0.4) is 0 Å². The van der Waals surface area contributed by atoms with Crippen molar-refractivity contribution in [2.75, 3.05) is 11.9 Å². The van der Waals surface area contributed by atoms with Crippen molar-refractivity contribution in [3.8, 4) is 5.75 Å². The molecule has 1 aromatic rings. The predicted octanol–water partition coefficient (Wildman–Crippen LogP) is 4.61. The highest BCUT2D eigenvalue weighted by Gasteiger charge is 2.10. The Bertz CT molecular complexity index is 309. The molecule has 16 heavy (non-hydrogen) atoms. The smallest absolute Gasteiger partial charge is 0.122 e. The molecule has 0 saturated heterocycles. The van der Waals surface area contributed by atoms with Crippen LogP contribution >= 0.6 is 15.9 Å². The van der Waals surface area contributed by atoms with Gasteiger partial charge in [-0.05, 0) is 29.9 Å². The van der Waals surface area contributed by atoms with Gasteiger partial charge in [0.2, 0.25) is 0 Å². The first kappa shape index (κ1) is 13.6. The van der Waals surface area contributed by atoms with Crippen LogP contribution in [-0.4, -0.2) is 11.9 Å². The fourth-order valence-electron chi connectivity index (χ4n) is 1.59. The highest BCUT2D eigenvalue weighted by atomic mass is 79.9. The summed E-state index contributed by atoms with van der Waals surface area (Å²) in [5.41, 5.74) is 1.32. The summed E-state index contributed by atoms with van der Waals surface area (Å²) in [4.78, 5) is 0. The van der Waals surface area contributed by atoms with Gasteiger partial charge in [0.05, 0.1) is 6.61 Å². The van der Waals surface area contributed by atoms with Crippen LogP contribution in [0, 0.1) is 5.92 Å². The lowest BCUT2D eigenvalue weighted by Gasteiger charge is -2.17. The van der Waals surface area contributed by atoms with E-state index in [1.165, 1.54) is 5.56 Å². The molecule has 2 heteroatoms. The molecule has 0 spiro atoms. The van der Waals surface area contributed by atoms with Gasteiger partial charge in [-0.2, -0.15) is 0 Å². The van der Waals surface area contributed by atoms with Crippen molar-refractivity contribution < 1.29 is 4.74 Å². The topological polar surface area (TPSA) is 9.23 Å². The van der Waals surface area contributed by atoms with Crippen LogP contribution in [0.2, 0.25) is 0 Å². The lowest BCUT2D eigenvalue weighted by molar-refractivity contribution is 0.267. The first-order valence-electron chi connectivity index (χ1n) is 5.92. The summed E-state index contributed by atoms with van der Waals surface area (Å²) in [6.45, 7) is 7.38. The number of benzene rings is 1. The van der Waals surface area contributed by atoms with E-state index in [4.69, 9.17) is 4.74 Å². The van der Waals surface area contributed by atoms with E-state index in [2.05, 4.69) is 54.9 Å². The minimum Gasteiger partial charge on any atom is -0.493 e. The monoisotopic (exact) mass is 284 g/mol. The van der Waals surface area contributed by atoms with Crippen LogP contribution in [0.5, 0.6) is 5.75 Å². The number of hydrogen-bond acceptors (Lipinski definition) is 1. The van der Waals surface area contributed by atoms with Gasteiger partial charge in [-0.1, -0.05) is 54.9 Å². The van der Waals surface area contributed by atoms with Crippen LogP contribution in [0.15, 0.2) is 24.3 Å². The van der Waals surface area contributed by atoms with Crippen molar-refractivity contribution in [1.29, 1.82) is 0 Å². The second-order valence-corrected chi connectivity index (χ2v) is 5.41. The Kier molecular flexibility index (Phi) is 5.89. The number of rotatable bonds is 6. The summed E-state index contributed by atoms with van der Waals surface area (Å²) in [7, 11) is 0. The predicted molar refractivity (Wildman–Crippen MR) is 73.6 cm³/mol. The highest BCUT2D eigenvalue weighted by Crippen LogP contribution is 2.29. The average molecular weight is 285 g/mol. The Hall–Kier alpha value is -0.500. The minimum atomic E-state index is 0.544. The lowest BCUT2D eigenvalue weighted by atomic mass is 9.98. The number of halogens is 1. The van der Waals surface area contributed by atoms with E-state index in [9.17, 15) is 0 Å². The third-order valence-electron chi connectivity index (χ3n) is 2.56. The number of ether oxygens (including phenoxy) is 1. The van der Waals surface area contributed by atoms with Gasteiger partial charge in [-0.25, -0.2) is 0 Å². The summed E-state index contributed by atoms with van der Waals surface area (Å²) in [6, 6.07) is 8.37. The Morgan fingerprint density at radius 2 is 1.88 bits per heavy atom. The van der Waals surface area contributed by atoms with Crippen LogP contribution in [0.1, 0.15) is 38.7 Å². The molecule has 0 aliphatic rings. The second kappa shape index (κ2) is 6.95. The van der Waals surface area contributed by atoms with E-state index in [1.54, 1.807) is 0 Å². The molecule has 1 aromatic carbocycles. The maximum absolute atomic E-state index is 5.85. The summed E-state index contributed by atoms with van der Waals surface area (Å²) in [6.07, 6.45) is 1.14. The van der Waals surface area contributed by atoms with Gasteiger partial charge in [0.25, 0.3) is 0 Å². The van der Waals surface area contributed by atoms with Crippen LogP contribution < -0.4 is 4.74 Å². The van der Waals surface area contributed by atoms with E-state index in [0.717, 1.165) is 24.1 Å². The quantitative estimate of drug-likeness (QED) is 0.693. The van der Waals surface area contributed by atoms with Gasteiger partial charge < -0.3 is 4.74 Å². The molecule has 0 saturated carbocycles. The van der Waals surface area contributed by atoms with Gasteiger partial charge in [0.15, 0.2) is 0 Å². The van der Waals surface area contributed by atoms with Crippen molar-refractivity contribution >= 4 is 15.9 Å². The first-order chi connectivity index (χ1) is 7.65. The van der Waals surface area contributed by atoms with Crippen molar-refractivity contribution in [2.24, 2.45) is 5.92 Å². The number of alkyl halides is 1. The molecule has 0 N–H and O–H groups in total. The highest BCUT2D eigenvalue weighted by molar-refractivity contribution is 9.09. The average Bonchev–Trinajstić information content (AvgIpc) is 2.27. The van der Waals surface area contributed by atoms with Crippen molar-refractivity contribution in [3.05, 3.63) is 29.8 Å². The van der Waals surface area contributed by atoms with E-state index < -0.39 is 0 Å². The number of hydrogen-bond donors (Lipinski definition) is 0. The SMILES string of the molecule is CC(C)COc1ccccc1C(C)CCBr. The van der Waals surface area contributed by atoms with E-state index in [1.807, 2.05) is 6.07 Å². The zero-order valence-electron chi connectivity index (χ0n) is 10.4. The van der Waals surface area contributed by atoms with Crippen molar-refractivity contribution in [1.82, 2.24) is 0 Å². The summed E-state index contributed by atoms with van der Waals surface area (Å²) in [5, 5.41) is 1.03. The Balaban J connectivity index is 2.74. The Morgan fingerprint density at radius 1 is 1.19 bits per heavy atom. The van der Waals surface area contributed by atoms with Gasteiger partial charge in [0, 0.05) is 5.33 Å². The van der Waals surface area contributed by atoms with Crippen molar-refractivity contribution in [3.63, 3.8) is 0 Å². The van der Waals surface area contributed by atoms with Gasteiger partial charge in [-0.15, -0.1) is 0 Å². The molecule has 90 valence electrons. The molecule has 0 aliphatic heterocycles. The fraction of sp³-hybridized carbons (Fsp3) is 0.571. The normalized spacial score (nSPS) is 12.8. The van der Waals surface area contributed by atoms with Crippen LogP contribution in [-0.2, 0) is 0 Å². The second-order valence-electron chi connectivity index (χ2n) is 4.62. The molecule has 1 unspecified atom stereocenters. The Morgan fingerprint density at radius 3 is 2.50 bits per heavy atom. The molecule has 0 fully saturated rings. The molecule has 1 nitrogen and oxygen atoms in total.